The summed E-state index contributed by atoms with van der Waals surface area (Å²) in [4.78, 5) is 28.8. The van der Waals surface area contributed by atoms with Crippen LogP contribution in [0.4, 0.5) is 0 Å². The van der Waals surface area contributed by atoms with Gasteiger partial charge in [0.05, 0.1) is 0 Å². The fraction of sp³-hybridized carbons (Fsp3) is 0.526. The van der Waals surface area contributed by atoms with E-state index in [4.69, 9.17) is 0 Å². The molecule has 0 N–H and O–H groups in total. The second kappa shape index (κ2) is 6.26. The van der Waals surface area contributed by atoms with Crippen molar-refractivity contribution in [1.82, 2.24) is 9.55 Å². The van der Waals surface area contributed by atoms with Crippen LogP contribution in [0.15, 0.2) is 18.5 Å². The van der Waals surface area contributed by atoms with Gasteiger partial charge in [-0.05, 0) is 38.8 Å². The Morgan fingerprint density at radius 1 is 1.26 bits per heavy atom. The van der Waals surface area contributed by atoms with Crippen molar-refractivity contribution in [1.29, 1.82) is 0 Å². The Bertz CT molecular complexity index is 749. The fourth-order valence-electron chi connectivity index (χ4n) is 2.73. The van der Waals surface area contributed by atoms with Crippen LogP contribution in [0.2, 0.25) is 0 Å². The molecule has 0 saturated carbocycles. The van der Waals surface area contributed by atoms with Gasteiger partial charge in [-0.2, -0.15) is 0 Å². The van der Waals surface area contributed by atoms with Crippen LogP contribution in [0.3, 0.4) is 0 Å². The Hall–Kier alpha value is -1.97. The summed E-state index contributed by atoms with van der Waals surface area (Å²) in [6.07, 6.45) is 4.81. The molecule has 0 unspecified atom stereocenters. The van der Waals surface area contributed by atoms with E-state index in [0.29, 0.717) is 18.4 Å². The van der Waals surface area contributed by atoms with Gasteiger partial charge in [-0.25, -0.2) is 4.98 Å². The molecule has 0 spiro atoms. The third kappa shape index (κ3) is 3.52. The molecule has 0 radical (unpaired) electrons. The zero-order valence-electron chi connectivity index (χ0n) is 14.9. The number of ketones is 2. The van der Waals surface area contributed by atoms with Crippen molar-refractivity contribution in [3.05, 3.63) is 29.6 Å². The van der Waals surface area contributed by atoms with Crippen LogP contribution in [0.25, 0.3) is 11.0 Å². The van der Waals surface area contributed by atoms with Gasteiger partial charge in [0.15, 0.2) is 5.78 Å². The number of pyridine rings is 1. The van der Waals surface area contributed by atoms with E-state index < -0.39 is 5.41 Å². The average molecular weight is 314 g/mol. The number of rotatable bonds is 5. The summed E-state index contributed by atoms with van der Waals surface area (Å²) in [5.74, 6) is 0.265. The normalized spacial score (nSPS) is 12.1. The highest BCUT2D eigenvalue weighted by Gasteiger charge is 2.28. The van der Waals surface area contributed by atoms with Crippen LogP contribution >= 0.6 is 0 Å². The first-order valence-corrected chi connectivity index (χ1v) is 8.15. The van der Waals surface area contributed by atoms with Gasteiger partial charge in [0.25, 0.3) is 0 Å². The molecule has 0 aromatic carbocycles. The molecule has 0 bridgehead atoms. The second-order valence-electron chi connectivity index (χ2n) is 7.49. The molecule has 23 heavy (non-hydrogen) atoms. The third-order valence-corrected chi connectivity index (χ3v) is 4.03. The second-order valence-corrected chi connectivity index (χ2v) is 7.49. The monoisotopic (exact) mass is 314 g/mol. The smallest absolute Gasteiger partial charge is 0.170 e. The van der Waals surface area contributed by atoms with Gasteiger partial charge >= 0.3 is 0 Å². The lowest BCUT2D eigenvalue weighted by Gasteiger charge is -2.16. The lowest BCUT2D eigenvalue weighted by atomic mass is 9.86. The molecule has 124 valence electrons. The molecule has 0 aliphatic rings. The summed E-state index contributed by atoms with van der Waals surface area (Å²) in [7, 11) is 0. The molecule has 2 aromatic rings. The predicted molar refractivity (Wildman–Crippen MR) is 92.9 cm³/mol. The first kappa shape index (κ1) is 17.4. The van der Waals surface area contributed by atoms with Crippen LogP contribution in [0.5, 0.6) is 0 Å². The minimum Gasteiger partial charge on any atom is -0.329 e. The summed E-state index contributed by atoms with van der Waals surface area (Å²) in [5.41, 5.74) is 2.11. The molecule has 0 amide bonds. The highest BCUT2D eigenvalue weighted by atomic mass is 16.1. The number of carbonyl (C=O) groups excluding carboxylic acids is 2. The van der Waals surface area contributed by atoms with Gasteiger partial charge in [-0.1, -0.05) is 20.8 Å². The van der Waals surface area contributed by atoms with Gasteiger partial charge in [0.1, 0.15) is 11.4 Å². The van der Waals surface area contributed by atoms with Crippen LogP contribution in [-0.2, 0) is 11.2 Å². The summed E-state index contributed by atoms with van der Waals surface area (Å²) < 4.78 is 2.05. The molecule has 0 aliphatic heterocycles. The average Bonchev–Trinajstić information content (AvgIpc) is 2.83. The quantitative estimate of drug-likeness (QED) is 0.770. The molecule has 2 aromatic heterocycles. The van der Waals surface area contributed by atoms with E-state index in [1.54, 1.807) is 13.1 Å². The Labute approximate surface area is 137 Å². The lowest BCUT2D eigenvalue weighted by Crippen LogP contribution is -2.20. The van der Waals surface area contributed by atoms with Crippen LogP contribution in [-0.4, -0.2) is 21.1 Å². The van der Waals surface area contributed by atoms with Crippen molar-refractivity contribution < 1.29 is 9.59 Å². The zero-order chi connectivity index (χ0) is 17.4. The summed E-state index contributed by atoms with van der Waals surface area (Å²) in [5, 5.41) is 0.905. The number of fused-ring (bicyclic) bond motifs is 1. The van der Waals surface area contributed by atoms with Crippen molar-refractivity contribution >= 4 is 22.6 Å². The van der Waals surface area contributed by atoms with Crippen molar-refractivity contribution in [3.63, 3.8) is 0 Å². The lowest BCUT2D eigenvalue weighted by molar-refractivity contribution is -0.116. The number of Topliss-reactive ketones (excluding diaryl/α,β-unsaturated/α-hetero) is 2. The maximum atomic E-state index is 12.9. The van der Waals surface area contributed by atoms with Crippen LogP contribution in [0, 0.1) is 5.41 Å². The van der Waals surface area contributed by atoms with Gasteiger partial charge in [0.2, 0.25) is 0 Å². The Balaban J connectivity index is 2.69. The Morgan fingerprint density at radius 3 is 2.43 bits per heavy atom. The van der Waals surface area contributed by atoms with E-state index in [0.717, 1.165) is 16.6 Å². The Morgan fingerprint density at radius 2 is 1.91 bits per heavy atom. The molecule has 4 nitrogen and oxygen atoms in total. The van der Waals surface area contributed by atoms with E-state index in [1.165, 1.54) is 0 Å². The molecular formula is C19H26N2O2. The van der Waals surface area contributed by atoms with Gasteiger partial charge in [-0.15, -0.1) is 0 Å². The highest BCUT2D eigenvalue weighted by Crippen LogP contribution is 2.31. The van der Waals surface area contributed by atoms with Gasteiger partial charge < -0.3 is 9.36 Å². The van der Waals surface area contributed by atoms with E-state index in [-0.39, 0.29) is 17.6 Å². The molecule has 2 heterocycles. The van der Waals surface area contributed by atoms with Crippen LogP contribution < -0.4 is 0 Å². The molecule has 0 fully saturated rings. The topological polar surface area (TPSA) is 52.0 Å². The fourth-order valence-corrected chi connectivity index (χ4v) is 2.73. The first-order valence-electron chi connectivity index (χ1n) is 8.15. The SMILES string of the molecule is CC(=O)CCc1ccnc2c1c(C(=O)C(C)(C)C)cn2C(C)C. The number of aryl methyl sites for hydroxylation is 1. The molecule has 2 rings (SSSR count). The molecule has 4 heteroatoms. The van der Waals surface area contributed by atoms with Crippen molar-refractivity contribution in [2.45, 2.75) is 60.4 Å². The van der Waals surface area contributed by atoms with Gasteiger partial charge in [-0.3, -0.25) is 4.79 Å². The number of nitrogens with zero attached hydrogens (tertiary/aromatic N) is 2. The van der Waals surface area contributed by atoms with E-state index in [2.05, 4.69) is 18.8 Å². The highest BCUT2D eigenvalue weighted by molar-refractivity contribution is 6.10. The van der Waals surface area contributed by atoms with Crippen molar-refractivity contribution in [2.24, 2.45) is 5.41 Å². The van der Waals surface area contributed by atoms with E-state index >= 15 is 0 Å². The molecule has 0 saturated heterocycles. The van der Waals surface area contributed by atoms with E-state index in [1.807, 2.05) is 37.6 Å². The maximum absolute atomic E-state index is 12.9. The van der Waals surface area contributed by atoms with Gasteiger partial charge in [0, 0.05) is 41.2 Å². The molecule has 0 aliphatic carbocycles. The maximum Gasteiger partial charge on any atom is 0.170 e. The number of aromatic nitrogens is 2. The summed E-state index contributed by atoms with van der Waals surface area (Å²) in [6, 6.07) is 2.14. The van der Waals surface area contributed by atoms with Crippen molar-refractivity contribution in [2.75, 3.05) is 0 Å². The first-order chi connectivity index (χ1) is 10.6. The third-order valence-electron chi connectivity index (χ3n) is 4.03. The van der Waals surface area contributed by atoms with E-state index in [9.17, 15) is 9.59 Å². The summed E-state index contributed by atoms with van der Waals surface area (Å²) >= 11 is 0. The number of hydrogen-bond acceptors (Lipinski definition) is 3. The molecule has 0 atom stereocenters. The predicted octanol–water partition coefficient (Wildman–Crippen LogP) is 4.37. The number of carbonyl (C=O) groups is 2. The number of hydrogen-bond donors (Lipinski definition) is 0. The van der Waals surface area contributed by atoms with Crippen molar-refractivity contribution in [3.8, 4) is 0 Å². The minimum absolute atomic E-state index is 0.110. The largest absolute Gasteiger partial charge is 0.329 e. The van der Waals surface area contributed by atoms with Crippen LogP contribution in [0.1, 0.15) is 69.9 Å². The summed E-state index contributed by atoms with van der Waals surface area (Å²) in [6.45, 7) is 11.5. The Kier molecular flexibility index (Phi) is 4.73. The minimum atomic E-state index is -0.455. The standard InChI is InChI=1S/C19H26N2O2/c1-12(2)21-11-15(17(23)19(4,5)6)16-14(8-7-13(3)22)9-10-20-18(16)21/h9-12H,7-8H2,1-6H3. The molecular weight excluding hydrogens is 288 g/mol. The zero-order valence-corrected chi connectivity index (χ0v) is 14.9.